The molecule has 0 aromatic heterocycles. The Hall–Kier alpha value is -0.570. The lowest BCUT2D eigenvalue weighted by Gasteiger charge is -2.21. The quantitative estimate of drug-likeness (QED) is 0.643. The summed E-state index contributed by atoms with van der Waals surface area (Å²) in [5.41, 5.74) is -0.130. The Balaban J connectivity index is 2.29. The predicted octanol–water partition coefficient (Wildman–Crippen LogP) is 1.07. The van der Waals surface area contributed by atoms with Gasteiger partial charge in [0, 0.05) is 18.6 Å². The molecule has 0 saturated heterocycles. The monoisotopic (exact) mass is 185 g/mol. The highest BCUT2D eigenvalue weighted by molar-refractivity contribution is 5.82. The summed E-state index contributed by atoms with van der Waals surface area (Å²) in [6.07, 6.45) is 5.02. The van der Waals surface area contributed by atoms with Crippen molar-refractivity contribution in [1.82, 2.24) is 5.32 Å². The molecule has 13 heavy (non-hydrogen) atoms. The minimum Gasteiger partial charge on any atom is -0.396 e. The SMILES string of the molecule is CC1(C(=O)NCCCO)CCCC1. The number of nitrogens with one attached hydrogen (secondary N) is 1. The molecule has 1 aliphatic rings. The van der Waals surface area contributed by atoms with Crippen LogP contribution in [0.5, 0.6) is 0 Å². The van der Waals surface area contributed by atoms with Crippen LogP contribution in [0.25, 0.3) is 0 Å². The molecular weight excluding hydrogens is 166 g/mol. The van der Waals surface area contributed by atoms with E-state index < -0.39 is 0 Å². The van der Waals surface area contributed by atoms with E-state index >= 15 is 0 Å². The molecule has 1 fully saturated rings. The van der Waals surface area contributed by atoms with E-state index in [1.807, 2.05) is 6.92 Å². The second-order valence-corrected chi connectivity index (χ2v) is 4.10. The third-order valence-corrected chi connectivity index (χ3v) is 2.88. The number of amides is 1. The highest BCUT2D eigenvalue weighted by Gasteiger charge is 2.35. The smallest absolute Gasteiger partial charge is 0.225 e. The van der Waals surface area contributed by atoms with Crippen molar-refractivity contribution >= 4 is 5.91 Å². The molecule has 1 rings (SSSR count). The average molecular weight is 185 g/mol. The molecule has 2 N–H and O–H groups in total. The van der Waals surface area contributed by atoms with Gasteiger partial charge in [-0.3, -0.25) is 4.79 Å². The Morgan fingerprint density at radius 1 is 1.46 bits per heavy atom. The van der Waals surface area contributed by atoms with Gasteiger partial charge in [0.25, 0.3) is 0 Å². The lowest BCUT2D eigenvalue weighted by molar-refractivity contribution is -0.129. The molecule has 76 valence electrons. The zero-order valence-corrected chi connectivity index (χ0v) is 8.31. The standard InChI is InChI=1S/C10H19NO2/c1-10(5-2-3-6-10)9(13)11-7-4-8-12/h12H,2-8H2,1H3,(H,11,13). The van der Waals surface area contributed by atoms with Gasteiger partial charge < -0.3 is 10.4 Å². The van der Waals surface area contributed by atoms with Gasteiger partial charge in [-0.25, -0.2) is 0 Å². The molecule has 0 aliphatic heterocycles. The number of rotatable bonds is 4. The zero-order valence-electron chi connectivity index (χ0n) is 8.31. The molecule has 0 aromatic rings. The van der Waals surface area contributed by atoms with Crippen LogP contribution in [0.3, 0.4) is 0 Å². The maximum Gasteiger partial charge on any atom is 0.225 e. The summed E-state index contributed by atoms with van der Waals surface area (Å²) in [6, 6.07) is 0. The van der Waals surface area contributed by atoms with Crippen molar-refractivity contribution in [3.05, 3.63) is 0 Å². The van der Waals surface area contributed by atoms with Crippen LogP contribution in [0.1, 0.15) is 39.0 Å². The molecule has 0 bridgehead atoms. The Morgan fingerprint density at radius 3 is 2.62 bits per heavy atom. The first-order chi connectivity index (χ1) is 6.19. The van der Waals surface area contributed by atoms with Crippen LogP contribution in [0.15, 0.2) is 0 Å². The van der Waals surface area contributed by atoms with Gasteiger partial charge in [-0.05, 0) is 19.3 Å². The summed E-state index contributed by atoms with van der Waals surface area (Å²) in [5, 5.41) is 11.4. The molecule has 3 nitrogen and oxygen atoms in total. The first kappa shape index (κ1) is 10.5. The average Bonchev–Trinajstić information content (AvgIpc) is 2.54. The molecule has 0 unspecified atom stereocenters. The van der Waals surface area contributed by atoms with Gasteiger partial charge in [-0.2, -0.15) is 0 Å². The first-order valence-electron chi connectivity index (χ1n) is 5.08. The number of carbonyl (C=O) groups is 1. The zero-order chi connectivity index (χ0) is 9.73. The van der Waals surface area contributed by atoms with Crippen molar-refractivity contribution in [3.8, 4) is 0 Å². The van der Waals surface area contributed by atoms with E-state index in [-0.39, 0.29) is 17.9 Å². The van der Waals surface area contributed by atoms with E-state index in [2.05, 4.69) is 5.32 Å². The van der Waals surface area contributed by atoms with Crippen molar-refractivity contribution in [2.24, 2.45) is 5.41 Å². The molecule has 1 aliphatic carbocycles. The summed E-state index contributed by atoms with van der Waals surface area (Å²) < 4.78 is 0. The topological polar surface area (TPSA) is 49.3 Å². The van der Waals surface area contributed by atoms with Crippen LogP contribution < -0.4 is 5.32 Å². The summed E-state index contributed by atoms with van der Waals surface area (Å²) in [5.74, 6) is 0.165. The predicted molar refractivity (Wildman–Crippen MR) is 51.3 cm³/mol. The Labute approximate surface area is 79.5 Å². The van der Waals surface area contributed by atoms with E-state index in [1.54, 1.807) is 0 Å². The lowest BCUT2D eigenvalue weighted by atomic mass is 9.88. The lowest BCUT2D eigenvalue weighted by Crippen LogP contribution is -2.37. The summed E-state index contributed by atoms with van der Waals surface area (Å²) >= 11 is 0. The second kappa shape index (κ2) is 4.61. The molecule has 0 aromatic carbocycles. The molecule has 3 heteroatoms. The molecular formula is C10H19NO2. The van der Waals surface area contributed by atoms with Crippen molar-refractivity contribution in [1.29, 1.82) is 0 Å². The van der Waals surface area contributed by atoms with E-state index in [9.17, 15) is 4.79 Å². The van der Waals surface area contributed by atoms with Gasteiger partial charge >= 0.3 is 0 Å². The van der Waals surface area contributed by atoms with Gasteiger partial charge in [0.1, 0.15) is 0 Å². The molecule has 1 amide bonds. The Kier molecular flexibility index (Phi) is 3.72. The van der Waals surface area contributed by atoms with Crippen molar-refractivity contribution in [3.63, 3.8) is 0 Å². The Morgan fingerprint density at radius 2 is 2.08 bits per heavy atom. The third kappa shape index (κ3) is 2.69. The van der Waals surface area contributed by atoms with Gasteiger partial charge in [-0.1, -0.05) is 19.8 Å². The van der Waals surface area contributed by atoms with Gasteiger partial charge in [0.15, 0.2) is 0 Å². The van der Waals surface area contributed by atoms with Gasteiger partial charge in [0.2, 0.25) is 5.91 Å². The Bertz CT molecular complexity index is 174. The van der Waals surface area contributed by atoms with Crippen LogP contribution >= 0.6 is 0 Å². The van der Waals surface area contributed by atoms with Crippen LogP contribution in [0, 0.1) is 5.41 Å². The van der Waals surface area contributed by atoms with E-state index in [0.717, 1.165) is 12.8 Å². The van der Waals surface area contributed by atoms with Crippen molar-refractivity contribution in [2.45, 2.75) is 39.0 Å². The maximum absolute atomic E-state index is 11.6. The number of aliphatic hydroxyl groups excluding tert-OH is 1. The van der Waals surface area contributed by atoms with Gasteiger partial charge in [0.05, 0.1) is 0 Å². The van der Waals surface area contributed by atoms with Crippen LogP contribution in [-0.2, 0) is 4.79 Å². The highest BCUT2D eigenvalue weighted by Crippen LogP contribution is 2.37. The van der Waals surface area contributed by atoms with Crippen LogP contribution in [0.2, 0.25) is 0 Å². The largest absolute Gasteiger partial charge is 0.396 e. The van der Waals surface area contributed by atoms with Crippen molar-refractivity contribution < 1.29 is 9.90 Å². The fourth-order valence-electron chi connectivity index (χ4n) is 1.88. The number of hydrogen-bond acceptors (Lipinski definition) is 2. The number of carbonyl (C=O) groups excluding carboxylic acids is 1. The molecule has 0 atom stereocenters. The fraction of sp³-hybridized carbons (Fsp3) is 0.900. The minimum atomic E-state index is -0.130. The fourth-order valence-corrected chi connectivity index (χ4v) is 1.88. The van der Waals surface area contributed by atoms with Crippen LogP contribution in [-0.4, -0.2) is 24.2 Å². The first-order valence-corrected chi connectivity index (χ1v) is 5.08. The minimum absolute atomic E-state index is 0.130. The van der Waals surface area contributed by atoms with E-state index in [4.69, 9.17) is 5.11 Å². The highest BCUT2D eigenvalue weighted by atomic mass is 16.3. The number of hydrogen-bond donors (Lipinski definition) is 2. The molecule has 0 radical (unpaired) electrons. The molecule has 0 spiro atoms. The van der Waals surface area contributed by atoms with Crippen molar-refractivity contribution in [2.75, 3.05) is 13.2 Å². The molecule has 0 heterocycles. The normalized spacial score (nSPS) is 20.2. The molecule has 1 saturated carbocycles. The van der Waals surface area contributed by atoms with Crippen LogP contribution in [0.4, 0.5) is 0 Å². The summed E-state index contributed by atoms with van der Waals surface area (Å²) in [7, 11) is 0. The number of aliphatic hydroxyl groups is 1. The summed E-state index contributed by atoms with van der Waals surface area (Å²) in [6.45, 7) is 2.79. The third-order valence-electron chi connectivity index (χ3n) is 2.88. The van der Waals surface area contributed by atoms with E-state index in [0.29, 0.717) is 13.0 Å². The summed E-state index contributed by atoms with van der Waals surface area (Å²) in [4.78, 5) is 11.6. The van der Waals surface area contributed by atoms with E-state index in [1.165, 1.54) is 12.8 Å². The van der Waals surface area contributed by atoms with Gasteiger partial charge in [-0.15, -0.1) is 0 Å². The second-order valence-electron chi connectivity index (χ2n) is 4.10. The maximum atomic E-state index is 11.6.